The number of alkyl halides is 2. The predicted octanol–water partition coefficient (Wildman–Crippen LogP) is 3.46. The zero-order chi connectivity index (χ0) is 13.1. The van der Waals surface area contributed by atoms with Crippen LogP contribution in [-0.2, 0) is 11.2 Å². The molecule has 0 radical (unpaired) electrons. The maximum Gasteiger partial charge on any atom is 0.374 e. The zero-order valence-corrected chi connectivity index (χ0v) is 9.91. The largest absolute Gasteiger partial charge is 0.477 e. The van der Waals surface area contributed by atoms with Crippen molar-refractivity contribution in [2.45, 2.75) is 38.5 Å². The molecule has 0 saturated heterocycles. The average Bonchev–Trinajstić information content (AvgIpc) is 2.27. The first-order chi connectivity index (χ1) is 7.83. The number of carbonyl (C=O) groups is 1. The maximum absolute atomic E-state index is 12.8. The van der Waals surface area contributed by atoms with Gasteiger partial charge in [0, 0.05) is 6.42 Å². The lowest BCUT2D eigenvalue weighted by atomic mass is 9.99. The summed E-state index contributed by atoms with van der Waals surface area (Å²) in [6, 6.07) is 7.32. The number of rotatable bonds is 5. The molecule has 0 aliphatic heterocycles. The molecule has 0 aliphatic rings. The van der Waals surface area contributed by atoms with E-state index in [2.05, 4.69) is 0 Å². The second-order valence-electron chi connectivity index (χ2n) is 4.41. The maximum atomic E-state index is 12.8. The van der Waals surface area contributed by atoms with E-state index >= 15 is 0 Å². The Morgan fingerprint density at radius 2 is 1.82 bits per heavy atom. The number of benzene rings is 1. The minimum atomic E-state index is -3.64. The fourth-order valence-electron chi connectivity index (χ4n) is 1.48. The molecule has 4 heteroatoms. The van der Waals surface area contributed by atoms with E-state index in [0.29, 0.717) is 5.92 Å². The Bertz CT molecular complexity index is 383. The van der Waals surface area contributed by atoms with Crippen LogP contribution in [0.3, 0.4) is 0 Å². The molecule has 0 saturated carbocycles. The van der Waals surface area contributed by atoms with E-state index in [0.717, 1.165) is 11.1 Å². The Kier molecular flexibility index (Phi) is 4.21. The molecule has 2 nitrogen and oxygen atoms in total. The van der Waals surface area contributed by atoms with Crippen LogP contribution in [0.4, 0.5) is 8.78 Å². The Morgan fingerprint density at radius 1 is 1.29 bits per heavy atom. The van der Waals surface area contributed by atoms with Crippen LogP contribution in [0.15, 0.2) is 24.3 Å². The fourth-order valence-corrected chi connectivity index (χ4v) is 1.48. The highest BCUT2D eigenvalue weighted by atomic mass is 19.3. The molecule has 1 rings (SSSR count). The zero-order valence-electron chi connectivity index (χ0n) is 9.91. The number of aliphatic carboxylic acids is 1. The first-order valence-electron chi connectivity index (χ1n) is 5.53. The molecule has 0 aliphatic carbocycles. The third-order valence-corrected chi connectivity index (χ3v) is 2.69. The summed E-state index contributed by atoms with van der Waals surface area (Å²) in [4.78, 5) is 10.2. The summed E-state index contributed by atoms with van der Waals surface area (Å²) in [5, 5.41) is 8.29. The number of carboxylic acids is 1. The van der Waals surface area contributed by atoms with Gasteiger partial charge in [-0.05, 0) is 23.5 Å². The summed E-state index contributed by atoms with van der Waals surface area (Å²) in [5.41, 5.74) is 1.87. The molecule has 0 fully saturated rings. The van der Waals surface area contributed by atoms with Crippen LogP contribution in [0, 0.1) is 0 Å². The first-order valence-corrected chi connectivity index (χ1v) is 5.53. The van der Waals surface area contributed by atoms with Crippen molar-refractivity contribution >= 4 is 5.97 Å². The Morgan fingerprint density at radius 3 is 2.24 bits per heavy atom. The molecule has 0 spiro atoms. The van der Waals surface area contributed by atoms with Gasteiger partial charge in [-0.25, -0.2) is 4.79 Å². The first kappa shape index (κ1) is 13.6. The van der Waals surface area contributed by atoms with E-state index < -0.39 is 18.3 Å². The van der Waals surface area contributed by atoms with E-state index in [1.807, 2.05) is 26.0 Å². The van der Waals surface area contributed by atoms with E-state index in [1.54, 1.807) is 12.1 Å². The van der Waals surface area contributed by atoms with Crippen molar-refractivity contribution < 1.29 is 18.7 Å². The number of hydrogen-bond acceptors (Lipinski definition) is 1. The van der Waals surface area contributed by atoms with Crippen molar-refractivity contribution in [2.75, 3.05) is 0 Å². The summed E-state index contributed by atoms with van der Waals surface area (Å²) in [5.74, 6) is -5.31. The van der Waals surface area contributed by atoms with Gasteiger partial charge < -0.3 is 5.11 Å². The van der Waals surface area contributed by atoms with Gasteiger partial charge in [-0.1, -0.05) is 38.1 Å². The van der Waals surface area contributed by atoms with E-state index in [1.165, 1.54) is 0 Å². The van der Waals surface area contributed by atoms with Gasteiger partial charge in [0.1, 0.15) is 0 Å². The third-order valence-electron chi connectivity index (χ3n) is 2.69. The minimum absolute atomic E-state index is 0.0671. The lowest BCUT2D eigenvalue weighted by molar-refractivity contribution is -0.165. The molecule has 1 aromatic rings. The smallest absolute Gasteiger partial charge is 0.374 e. The van der Waals surface area contributed by atoms with Gasteiger partial charge in [0.15, 0.2) is 0 Å². The second-order valence-corrected chi connectivity index (χ2v) is 4.41. The van der Waals surface area contributed by atoms with Crippen LogP contribution in [0.2, 0.25) is 0 Å². The van der Waals surface area contributed by atoms with Gasteiger partial charge in [-0.15, -0.1) is 0 Å². The molecule has 0 atom stereocenters. The number of halogens is 2. The van der Waals surface area contributed by atoms with E-state index in [9.17, 15) is 13.6 Å². The molecule has 0 aromatic heterocycles. The van der Waals surface area contributed by atoms with E-state index in [4.69, 9.17) is 5.11 Å². The van der Waals surface area contributed by atoms with Crippen LogP contribution in [0.1, 0.15) is 37.3 Å². The van der Waals surface area contributed by atoms with E-state index in [-0.39, 0.29) is 6.42 Å². The molecule has 17 heavy (non-hydrogen) atoms. The fraction of sp³-hybridized carbons (Fsp3) is 0.462. The highest BCUT2D eigenvalue weighted by molar-refractivity contribution is 5.75. The van der Waals surface area contributed by atoms with Gasteiger partial charge in [0.05, 0.1) is 0 Å². The molecule has 1 aromatic carbocycles. The second kappa shape index (κ2) is 5.25. The highest BCUT2D eigenvalue weighted by Crippen LogP contribution is 2.22. The molecule has 0 unspecified atom stereocenters. The number of carboxylic acid groups (broad SMARTS) is 1. The molecule has 94 valence electrons. The van der Waals surface area contributed by atoms with Crippen molar-refractivity contribution in [3.8, 4) is 0 Å². The lowest BCUT2D eigenvalue weighted by Crippen LogP contribution is -2.28. The molecular weight excluding hydrogens is 226 g/mol. The van der Waals surface area contributed by atoms with Crippen molar-refractivity contribution in [1.29, 1.82) is 0 Å². The summed E-state index contributed by atoms with van der Waals surface area (Å²) < 4.78 is 25.7. The van der Waals surface area contributed by atoms with Crippen LogP contribution in [0.25, 0.3) is 0 Å². The molecule has 0 amide bonds. The summed E-state index contributed by atoms with van der Waals surface area (Å²) in [6.45, 7) is 4.10. The molecule has 1 N–H and O–H groups in total. The Labute approximate surface area is 99.3 Å². The Hall–Kier alpha value is -1.45. The van der Waals surface area contributed by atoms with Crippen LogP contribution >= 0.6 is 0 Å². The van der Waals surface area contributed by atoms with Gasteiger partial charge in [0.2, 0.25) is 0 Å². The SMILES string of the molecule is CC(C)c1ccc(CCC(F)(F)C(=O)O)cc1. The minimum Gasteiger partial charge on any atom is -0.477 e. The average molecular weight is 242 g/mol. The quantitative estimate of drug-likeness (QED) is 0.858. The predicted molar refractivity (Wildman–Crippen MR) is 61.4 cm³/mol. The van der Waals surface area contributed by atoms with Gasteiger partial charge in [-0.2, -0.15) is 8.78 Å². The van der Waals surface area contributed by atoms with Gasteiger partial charge in [-0.3, -0.25) is 0 Å². The monoisotopic (exact) mass is 242 g/mol. The number of aryl methyl sites for hydroxylation is 1. The summed E-state index contributed by atoms with van der Waals surface area (Å²) >= 11 is 0. The standard InChI is InChI=1S/C13H16F2O2/c1-9(2)11-5-3-10(4-6-11)7-8-13(14,15)12(16)17/h3-6,9H,7-8H2,1-2H3,(H,16,17). The molecule has 0 heterocycles. The Balaban J connectivity index is 2.62. The summed E-state index contributed by atoms with van der Waals surface area (Å²) in [6.07, 6.45) is -0.596. The van der Waals surface area contributed by atoms with Crippen molar-refractivity contribution in [3.05, 3.63) is 35.4 Å². The van der Waals surface area contributed by atoms with Crippen molar-refractivity contribution in [1.82, 2.24) is 0 Å². The normalized spacial score (nSPS) is 11.8. The lowest BCUT2D eigenvalue weighted by Gasteiger charge is -2.11. The van der Waals surface area contributed by atoms with Gasteiger partial charge >= 0.3 is 11.9 Å². The van der Waals surface area contributed by atoms with Gasteiger partial charge in [0.25, 0.3) is 0 Å². The van der Waals surface area contributed by atoms with Crippen LogP contribution < -0.4 is 0 Å². The number of hydrogen-bond donors (Lipinski definition) is 1. The topological polar surface area (TPSA) is 37.3 Å². The summed E-state index contributed by atoms with van der Waals surface area (Å²) in [7, 11) is 0. The molecule has 0 bridgehead atoms. The van der Waals surface area contributed by atoms with Crippen LogP contribution in [0.5, 0.6) is 0 Å². The molecular formula is C13H16F2O2. The van der Waals surface area contributed by atoms with Crippen LogP contribution in [-0.4, -0.2) is 17.0 Å². The van der Waals surface area contributed by atoms with Crippen molar-refractivity contribution in [3.63, 3.8) is 0 Å². The highest BCUT2D eigenvalue weighted by Gasteiger charge is 2.37. The third kappa shape index (κ3) is 3.80. The van der Waals surface area contributed by atoms with Crippen molar-refractivity contribution in [2.24, 2.45) is 0 Å².